The van der Waals surface area contributed by atoms with Gasteiger partial charge in [0.15, 0.2) is 0 Å². The standard InChI is InChI=1S/C31H29F3N2O3/c1-3-36-21-28(25-6-4-7-26(20-25)31(32,33)34)35-29(36)18-11-22-9-12-23(13-10-22)24-14-16-27(17-15-24)39-19-5-8-30(37)38-2/h4,6-7,9-18,20-21H,3,5,8,19H2,1-2H3/b18-11+. The van der Waals surface area contributed by atoms with Gasteiger partial charge in [0, 0.05) is 24.7 Å². The number of halogens is 3. The van der Waals surface area contributed by atoms with Crippen LogP contribution in [0.3, 0.4) is 0 Å². The van der Waals surface area contributed by atoms with Crippen molar-refractivity contribution in [3.8, 4) is 28.1 Å². The Hall–Kier alpha value is -4.33. The number of nitrogens with zero attached hydrogens (tertiary/aromatic N) is 2. The van der Waals surface area contributed by atoms with Gasteiger partial charge >= 0.3 is 12.1 Å². The number of hydrogen-bond donors (Lipinski definition) is 0. The van der Waals surface area contributed by atoms with Crippen LogP contribution in [0.4, 0.5) is 13.2 Å². The van der Waals surface area contributed by atoms with E-state index in [1.54, 1.807) is 12.3 Å². The molecule has 202 valence electrons. The molecule has 0 saturated carbocycles. The number of methoxy groups -OCH3 is 1. The molecule has 39 heavy (non-hydrogen) atoms. The monoisotopic (exact) mass is 534 g/mol. The van der Waals surface area contributed by atoms with Crippen LogP contribution < -0.4 is 4.74 Å². The first-order valence-electron chi connectivity index (χ1n) is 12.6. The quantitative estimate of drug-likeness (QED) is 0.154. The van der Waals surface area contributed by atoms with E-state index in [1.165, 1.54) is 13.2 Å². The van der Waals surface area contributed by atoms with Crippen LogP contribution in [0.2, 0.25) is 0 Å². The number of carbonyl (C=O) groups is 1. The molecule has 4 aromatic rings. The van der Waals surface area contributed by atoms with Gasteiger partial charge in [-0.1, -0.05) is 54.6 Å². The second-order valence-corrected chi connectivity index (χ2v) is 8.86. The van der Waals surface area contributed by atoms with Gasteiger partial charge in [-0.2, -0.15) is 13.2 Å². The van der Waals surface area contributed by atoms with Crippen molar-refractivity contribution in [2.24, 2.45) is 0 Å². The highest BCUT2D eigenvalue weighted by Gasteiger charge is 2.30. The van der Waals surface area contributed by atoms with Crippen LogP contribution in [0.1, 0.15) is 36.7 Å². The predicted molar refractivity (Wildman–Crippen MR) is 146 cm³/mol. The number of imidazole rings is 1. The van der Waals surface area contributed by atoms with Crippen molar-refractivity contribution >= 4 is 18.1 Å². The smallest absolute Gasteiger partial charge is 0.416 e. The molecule has 0 bridgehead atoms. The molecule has 0 radical (unpaired) electrons. The highest BCUT2D eigenvalue weighted by atomic mass is 19.4. The summed E-state index contributed by atoms with van der Waals surface area (Å²) in [5.41, 5.74) is 3.28. The van der Waals surface area contributed by atoms with Crippen LogP contribution in [0, 0.1) is 0 Å². The van der Waals surface area contributed by atoms with Crippen LogP contribution in [0.15, 0.2) is 79.0 Å². The van der Waals surface area contributed by atoms with Crippen molar-refractivity contribution in [2.75, 3.05) is 13.7 Å². The molecule has 0 amide bonds. The first-order chi connectivity index (χ1) is 18.8. The molecule has 0 unspecified atom stereocenters. The molecular formula is C31H29F3N2O3. The van der Waals surface area contributed by atoms with Crippen molar-refractivity contribution in [1.82, 2.24) is 9.55 Å². The molecule has 3 aromatic carbocycles. The van der Waals surface area contributed by atoms with E-state index in [9.17, 15) is 18.0 Å². The second-order valence-electron chi connectivity index (χ2n) is 8.86. The summed E-state index contributed by atoms with van der Waals surface area (Å²) in [6.07, 6.45) is 2.08. The Balaban J connectivity index is 1.41. The lowest BCUT2D eigenvalue weighted by molar-refractivity contribution is -0.141. The van der Waals surface area contributed by atoms with E-state index in [1.807, 2.05) is 72.2 Å². The summed E-state index contributed by atoms with van der Waals surface area (Å²) >= 11 is 0. The summed E-state index contributed by atoms with van der Waals surface area (Å²) in [6.45, 7) is 3.03. The predicted octanol–water partition coefficient (Wildman–Crippen LogP) is 7.76. The first-order valence-corrected chi connectivity index (χ1v) is 12.6. The number of esters is 1. The molecule has 0 spiro atoms. The van der Waals surface area contributed by atoms with Gasteiger partial charge in [-0.3, -0.25) is 4.79 Å². The molecule has 0 aliphatic rings. The Morgan fingerprint density at radius 2 is 1.64 bits per heavy atom. The van der Waals surface area contributed by atoms with Crippen molar-refractivity contribution in [3.63, 3.8) is 0 Å². The number of ether oxygens (including phenoxy) is 2. The number of aromatic nitrogens is 2. The summed E-state index contributed by atoms with van der Waals surface area (Å²) < 4.78 is 51.6. The zero-order chi connectivity index (χ0) is 27.8. The summed E-state index contributed by atoms with van der Waals surface area (Å²) in [5, 5.41) is 0. The highest BCUT2D eigenvalue weighted by molar-refractivity contribution is 5.72. The third-order valence-corrected chi connectivity index (χ3v) is 6.18. The second kappa shape index (κ2) is 12.5. The maximum absolute atomic E-state index is 13.1. The Labute approximate surface area is 225 Å². The maximum atomic E-state index is 13.1. The molecule has 4 rings (SSSR count). The third-order valence-electron chi connectivity index (χ3n) is 6.18. The molecule has 5 nitrogen and oxygen atoms in total. The molecule has 0 fully saturated rings. The summed E-state index contributed by atoms with van der Waals surface area (Å²) in [6, 6.07) is 21.0. The van der Waals surface area contributed by atoms with Crippen molar-refractivity contribution in [3.05, 3.63) is 95.9 Å². The van der Waals surface area contributed by atoms with Crippen LogP contribution in [0.25, 0.3) is 34.5 Å². The zero-order valence-corrected chi connectivity index (χ0v) is 21.7. The van der Waals surface area contributed by atoms with Gasteiger partial charge in [0.1, 0.15) is 11.6 Å². The van der Waals surface area contributed by atoms with E-state index < -0.39 is 11.7 Å². The molecule has 0 aliphatic heterocycles. The topological polar surface area (TPSA) is 53.4 Å². The fourth-order valence-corrected chi connectivity index (χ4v) is 4.02. The van der Waals surface area contributed by atoms with Crippen molar-refractivity contribution in [1.29, 1.82) is 0 Å². The normalized spacial score (nSPS) is 11.6. The van der Waals surface area contributed by atoms with Gasteiger partial charge in [-0.25, -0.2) is 4.98 Å². The van der Waals surface area contributed by atoms with E-state index in [0.717, 1.165) is 34.6 Å². The van der Waals surface area contributed by atoms with Gasteiger partial charge < -0.3 is 14.0 Å². The van der Waals surface area contributed by atoms with E-state index >= 15 is 0 Å². The summed E-state index contributed by atoms with van der Waals surface area (Å²) in [4.78, 5) is 15.7. The van der Waals surface area contributed by atoms with E-state index in [-0.39, 0.29) is 5.97 Å². The van der Waals surface area contributed by atoms with E-state index in [0.29, 0.717) is 43.1 Å². The van der Waals surface area contributed by atoms with Gasteiger partial charge in [-0.05, 0) is 60.4 Å². The fourth-order valence-electron chi connectivity index (χ4n) is 4.02. The van der Waals surface area contributed by atoms with Gasteiger partial charge in [0.05, 0.1) is 25.0 Å². The number of rotatable bonds is 10. The molecular weight excluding hydrogens is 505 g/mol. The first kappa shape index (κ1) is 27.7. The minimum Gasteiger partial charge on any atom is -0.494 e. The average molecular weight is 535 g/mol. The SMILES string of the molecule is CCn1cc(-c2cccc(C(F)(F)F)c2)nc1/C=C/c1ccc(-c2ccc(OCCCC(=O)OC)cc2)cc1. The summed E-state index contributed by atoms with van der Waals surface area (Å²) in [7, 11) is 1.37. The van der Waals surface area contributed by atoms with Crippen molar-refractivity contribution < 1.29 is 27.4 Å². The Bertz CT molecular complexity index is 1420. The van der Waals surface area contributed by atoms with Crippen LogP contribution in [0.5, 0.6) is 5.75 Å². The number of carbonyl (C=O) groups excluding carboxylic acids is 1. The average Bonchev–Trinajstić information content (AvgIpc) is 3.38. The fraction of sp³-hybridized carbons (Fsp3) is 0.226. The molecule has 0 saturated heterocycles. The minimum absolute atomic E-state index is 0.247. The third kappa shape index (κ3) is 7.37. The maximum Gasteiger partial charge on any atom is 0.416 e. The van der Waals surface area contributed by atoms with Crippen LogP contribution >= 0.6 is 0 Å². The van der Waals surface area contributed by atoms with Gasteiger partial charge in [0.2, 0.25) is 0 Å². The van der Waals surface area contributed by atoms with E-state index in [4.69, 9.17) is 4.74 Å². The molecule has 8 heteroatoms. The highest BCUT2D eigenvalue weighted by Crippen LogP contribution is 2.32. The van der Waals surface area contributed by atoms with Crippen molar-refractivity contribution in [2.45, 2.75) is 32.5 Å². The minimum atomic E-state index is -4.40. The molecule has 1 heterocycles. The number of benzene rings is 3. The lowest BCUT2D eigenvalue weighted by Crippen LogP contribution is -2.04. The van der Waals surface area contributed by atoms with Crippen LogP contribution in [-0.4, -0.2) is 29.2 Å². The van der Waals surface area contributed by atoms with Gasteiger partial charge in [0.25, 0.3) is 0 Å². The lowest BCUT2D eigenvalue weighted by Gasteiger charge is -2.07. The Kier molecular flexibility index (Phi) is 8.86. The van der Waals surface area contributed by atoms with E-state index in [2.05, 4.69) is 9.72 Å². The Morgan fingerprint density at radius 1 is 0.949 bits per heavy atom. The molecule has 0 N–H and O–H groups in total. The molecule has 0 atom stereocenters. The molecule has 1 aromatic heterocycles. The summed E-state index contributed by atoms with van der Waals surface area (Å²) in [5.74, 6) is 1.15. The zero-order valence-electron chi connectivity index (χ0n) is 21.7. The number of aryl methyl sites for hydroxylation is 1. The Morgan fingerprint density at radius 3 is 2.28 bits per heavy atom. The van der Waals surface area contributed by atoms with Crippen LogP contribution in [-0.2, 0) is 22.3 Å². The molecule has 0 aliphatic carbocycles. The number of hydrogen-bond acceptors (Lipinski definition) is 4. The van der Waals surface area contributed by atoms with Gasteiger partial charge in [-0.15, -0.1) is 0 Å². The number of alkyl halides is 3. The largest absolute Gasteiger partial charge is 0.494 e. The lowest BCUT2D eigenvalue weighted by atomic mass is 10.0.